The molecule has 0 atom stereocenters. The van der Waals surface area contributed by atoms with Gasteiger partial charge in [-0.1, -0.05) is 36.4 Å². The number of aromatic nitrogens is 2. The highest BCUT2D eigenvalue weighted by Crippen LogP contribution is 2.32. The van der Waals surface area contributed by atoms with E-state index in [-0.39, 0.29) is 5.69 Å². The van der Waals surface area contributed by atoms with Crippen LogP contribution in [0.2, 0.25) is 0 Å². The maximum atomic E-state index is 11.0. The summed E-state index contributed by atoms with van der Waals surface area (Å²) in [6.45, 7) is 0. The molecule has 0 aliphatic heterocycles. The highest BCUT2D eigenvalue weighted by Gasteiger charge is 2.13. The van der Waals surface area contributed by atoms with E-state index in [9.17, 15) is 10.1 Å². The van der Waals surface area contributed by atoms with Crippen LogP contribution in [0.3, 0.4) is 0 Å². The van der Waals surface area contributed by atoms with Gasteiger partial charge < -0.3 is 0 Å². The zero-order valence-corrected chi connectivity index (χ0v) is 12.0. The minimum atomic E-state index is -0.395. The number of fused-ring (bicyclic) bond motifs is 3. The van der Waals surface area contributed by atoms with Crippen molar-refractivity contribution < 1.29 is 4.92 Å². The predicted octanol–water partition coefficient (Wildman–Crippen LogP) is 4.36. The molecule has 2 heterocycles. The van der Waals surface area contributed by atoms with Crippen LogP contribution >= 0.6 is 0 Å². The van der Waals surface area contributed by atoms with E-state index >= 15 is 0 Å². The lowest BCUT2D eigenvalue weighted by Crippen LogP contribution is -1.92. The van der Waals surface area contributed by atoms with E-state index in [2.05, 4.69) is 9.97 Å². The van der Waals surface area contributed by atoms with E-state index in [1.807, 2.05) is 42.5 Å². The van der Waals surface area contributed by atoms with E-state index in [1.54, 1.807) is 18.3 Å². The summed E-state index contributed by atoms with van der Waals surface area (Å²) in [6, 6.07) is 18.1. The van der Waals surface area contributed by atoms with Crippen LogP contribution in [0.25, 0.3) is 33.1 Å². The van der Waals surface area contributed by atoms with Crippen LogP contribution in [0.4, 0.5) is 5.69 Å². The van der Waals surface area contributed by atoms with Gasteiger partial charge in [-0.15, -0.1) is 0 Å². The van der Waals surface area contributed by atoms with Gasteiger partial charge in [0, 0.05) is 34.7 Å². The Labute approximate surface area is 131 Å². The van der Waals surface area contributed by atoms with Crippen molar-refractivity contribution in [2.45, 2.75) is 0 Å². The molecule has 0 spiro atoms. The summed E-state index contributed by atoms with van der Waals surface area (Å²) in [5.74, 6) is 0. The lowest BCUT2D eigenvalue weighted by molar-refractivity contribution is -0.384. The second-order valence-electron chi connectivity index (χ2n) is 5.18. The number of rotatable bonds is 2. The molecule has 2 aromatic carbocycles. The first-order chi connectivity index (χ1) is 11.2. The minimum Gasteiger partial charge on any atom is -0.258 e. The van der Waals surface area contributed by atoms with Gasteiger partial charge in [-0.25, -0.2) is 4.98 Å². The van der Waals surface area contributed by atoms with Crippen LogP contribution in [0.5, 0.6) is 0 Å². The molecule has 4 rings (SSSR count). The number of nitrogens with zero attached hydrogens (tertiary/aromatic N) is 3. The first-order valence-electron chi connectivity index (χ1n) is 7.12. The molecule has 0 fully saturated rings. The van der Waals surface area contributed by atoms with Crippen LogP contribution in [0.1, 0.15) is 0 Å². The molecule has 0 saturated carbocycles. The Bertz CT molecular complexity index is 1060. The number of benzene rings is 2. The Hall–Kier alpha value is -3.34. The van der Waals surface area contributed by atoms with Crippen molar-refractivity contribution in [3.05, 3.63) is 77.0 Å². The average molecular weight is 301 g/mol. The molecule has 0 saturated heterocycles. The van der Waals surface area contributed by atoms with Crippen molar-refractivity contribution in [2.75, 3.05) is 0 Å². The smallest absolute Gasteiger partial charge is 0.258 e. The molecule has 0 radical (unpaired) electrons. The Balaban J connectivity index is 2.09. The molecule has 0 amide bonds. The maximum Gasteiger partial charge on any atom is 0.270 e. The Kier molecular flexibility index (Phi) is 2.98. The normalized spacial score (nSPS) is 11.0. The first-order valence-corrected chi connectivity index (χ1v) is 7.12. The molecule has 0 N–H and O–H groups in total. The largest absolute Gasteiger partial charge is 0.270 e. The van der Waals surface area contributed by atoms with Gasteiger partial charge in [0.05, 0.1) is 21.7 Å². The molecule has 110 valence electrons. The van der Waals surface area contributed by atoms with Crippen LogP contribution in [0.15, 0.2) is 66.9 Å². The van der Waals surface area contributed by atoms with E-state index in [0.717, 1.165) is 33.1 Å². The van der Waals surface area contributed by atoms with Gasteiger partial charge in [0.1, 0.15) is 0 Å². The average Bonchev–Trinajstić information content (AvgIpc) is 2.61. The zero-order valence-electron chi connectivity index (χ0n) is 12.0. The highest BCUT2D eigenvalue weighted by molar-refractivity contribution is 6.09. The first kappa shape index (κ1) is 13.3. The third kappa shape index (κ3) is 2.19. The van der Waals surface area contributed by atoms with E-state index in [4.69, 9.17) is 0 Å². The summed E-state index contributed by atoms with van der Waals surface area (Å²) < 4.78 is 0. The second-order valence-corrected chi connectivity index (χ2v) is 5.18. The molecule has 0 aliphatic carbocycles. The number of nitro groups is 1. The van der Waals surface area contributed by atoms with Crippen LogP contribution in [0, 0.1) is 10.1 Å². The Morgan fingerprint density at radius 3 is 2.57 bits per heavy atom. The summed E-state index contributed by atoms with van der Waals surface area (Å²) in [4.78, 5) is 19.7. The molecule has 23 heavy (non-hydrogen) atoms. The summed E-state index contributed by atoms with van der Waals surface area (Å²) >= 11 is 0. The Morgan fingerprint density at radius 1 is 0.913 bits per heavy atom. The molecular formula is C18H11N3O2. The van der Waals surface area contributed by atoms with E-state index in [0.29, 0.717) is 0 Å². The molecule has 0 aliphatic rings. The van der Waals surface area contributed by atoms with Crippen LogP contribution < -0.4 is 0 Å². The summed E-state index contributed by atoms with van der Waals surface area (Å²) in [5.41, 5.74) is 3.11. The summed E-state index contributed by atoms with van der Waals surface area (Å²) in [5, 5.41) is 13.0. The molecule has 5 nitrogen and oxygen atoms in total. The van der Waals surface area contributed by atoms with Crippen LogP contribution in [-0.4, -0.2) is 14.9 Å². The van der Waals surface area contributed by atoms with Gasteiger partial charge in [0.15, 0.2) is 0 Å². The minimum absolute atomic E-state index is 0.0552. The second kappa shape index (κ2) is 5.14. The van der Waals surface area contributed by atoms with Crippen molar-refractivity contribution in [3.63, 3.8) is 0 Å². The van der Waals surface area contributed by atoms with Crippen molar-refractivity contribution in [2.24, 2.45) is 0 Å². The zero-order chi connectivity index (χ0) is 15.8. The quantitative estimate of drug-likeness (QED) is 0.313. The summed E-state index contributed by atoms with van der Waals surface area (Å²) in [7, 11) is 0. The van der Waals surface area contributed by atoms with Gasteiger partial charge in [0.2, 0.25) is 0 Å². The van der Waals surface area contributed by atoms with Crippen molar-refractivity contribution in [1.82, 2.24) is 9.97 Å². The number of hydrogen-bond donors (Lipinski definition) is 0. The molecule has 0 bridgehead atoms. The Morgan fingerprint density at radius 2 is 1.74 bits per heavy atom. The van der Waals surface area contributed by atoms with Crippen molar-refractivity contribution in [3.8, 4) is 11.3 Å². The molecule has 4 aromatic rings. The van der Waals surface area contributed by atoms with Gasteiger partial charge in [-0.05, 0) is 12.1 Å². The van der Waals surface area contributed by atoms with Gasteiger partial charge >= 0.3 is 0 Å². The number of nitro benzene ring substituents is 1. The number of hydrogen-bond acceptors (Lipinski definition) is 4. The molecule has 0 unspecified atom stereocenters. The van der Waals surface area contributed by atoms with E-state index < -0.39 is 4.92 Å². The highest BCUT2D eigenvalue weighted by atomic mass is 16.6. The van der Waals surface area contributed by atoms with Crippen molar-refractivity contribution >= 4 is 27.5 Å². The summed E-state index contributed by atoms with van der Waals surface area (Å²) in [6.07, 6.45) is 1.74. The van der Waals surface area contributed by atoms with Crippen molar-refractivity contribution in [1.29, 1.82) is 0 Å². The number of pyridine rings is 2. The topological polar surface area (TPSA) is 68.9 Å². The predicted molar refractivity (Wildman–Crippen MR) is 89.1 cm³/mol. The monoisotopic (exact) mass is 301 g/mol. The van der Waals surface area contributed by atoms with Crippen LogP contribution in [-0.2, 0) is 0 Å². The lowest BCUT2D eigenvalue weighted by atomic mass is 10.0. The molecular weight excluding hydrogens is 290 g/mol. The SMILES string of the molecule is O=[N+]([O-])c1cccc(-c2nc3cccnc3c3ccccc23)c1. The third-order valence-electron chi connectivity index (χ3n) is 3.79. The fourth-order valence-electron chi connectivity index (χ4n) is 2.76. The maximum absolute atomic E-state index is 11.0. The van der Waals surface area contributed by atoms with Gasteiger partial charge in [0.25, 0.3) is 5.69 Å². The molecule has 2 aromatic heterocycles. The standard InChI is InChI=1S/C18H11N3O2/c22-21(23)13-6-3-5-12(11-13)17-14-7-1-2-8-15(14)18-16(20-17)9-4-10-19-18/h1-11H. The lowest BCUT2D eigenvalue weighted by Gasteiger charge is -2.09. The number of non-ortho nitro benzene ring substituents is 1. The van der Waals surface area contributed by atoms with Gasteiger partial charge in [-0.2, -0.15) is 0 Å². The third-order valence-corrected chi connectivity index (χ3v) is 3.79. The van der Waals surface area contributed by atoms with Gasteiger partial charge in [-0.3, -0.25) is 15.1 Å². The fraction of sp³-hybridized carbons (Fsp3) is 0. The fourth-order valence-corrected chi connectivity index (χ4v) is 2.76. The van der Waals surface area contributed by atoms with E-state index in [1.165, 1.54) is 6.07 Å². The molecule has 5 heteroatoms.